The van der Waals surface area contributed by atoms with Gasteiger partial charge in [0.2, 0.25) is 0 Å². The molecule has 0 spiro atoms. The van der Waals surface area contributed by atoms with Crippen molar-refractivity contribution >= 4 is 22.8 Å². The van der Waals surface area contributed by atoms with Gasteiger partial charge in [-0.2, -0.15) is 9.90 Å². The average molecular weight is 456 g/mol. The van der Waals surface area contributed by atoms with E-state index in [0.717, 1.165) is 40.7 Å². The zero-order chi connectivity index (χ0) is 23.7. The van der Waals surface area contributed by atoms with Crippen LogP contribution in [0, 0.1) is 18.6 Å². The van der Waals surface area contributed by atoms with Gasteiger partial charge in [-0.25, -0.2) is 18.4 Å². The number of halogens is 2. The first-order valence-electron chi connectivity index (χ1n) is 10.8. The van der Waals surface area contributed by atoms with Gasteiger partial charge in [-0.3, -0.25) is 0 Å². The van der Waals surface area contributed by atoms with Crippen molar-refractivity contribution in [2.24, 2.45) is 7.05 Å². The number of pyridine rings is 1. The van der Waals surface area contributed by atoms with Crippen LogP contribution in [0.4, 0.5) is 20.5 Å². The molecule has 4 rings (SSSR count). The summed E-state index contributed by atoms with van der Waals surface area (Å²) in [7, 11) is 3.65. The van der Waals surface area contributed by atoms with Gasteiger partial charge in [0.15, 0.2) is 5.65 Å². The highest BCUT2D eigenvalue weighted by Gasteiger charge is 2.21. The zero-order valence-electron chi connectivity index (χ0n) is 19.4. The molecular formula is C22H27F2N9. The maximum absolute atomic E-state index is 13.9. The molecular weight excluding hydrogens is 428 g/mol. The van der Waals surface area contributed by atoms with E-state index in [-0.39, 0.29) is 6.54 Å². The predicted molar refractivity (Wildman–Crippen MR) is 122 cm³/mol. The summed E-state index contributed by atoms with van der Waals surface area (Å²) < 4.78 is 29.6. The largest absolute Gasteiger partial charge is 0.360 e. The van der Waals surface area contributed by atoms with Crippen LogP contribution in [-0.4, -0.2) is 48.6 Å². The molecule has 0 saturated heterocycles. The minimum Gasteiger partial charge on any atom is -0.360 e. The van der Waals surface area contributed by atoms with Crippen molar-refractivity contribution in [2.45, 2.75) is 40.4 Å². The SMILES string of the molecule is CCN(C)c1nc2c(cc1CN(Cc1cc(F)cc(F)c1)c1nnn(C)n1)c(C)nn2CC. The summed E-state index contributed by atoms with van der Waals surface area (Å²) in [6.45, 7) is 8.07. The highest BCUT2D eigenvalue weighted by atomic mass is 19.1. The van der Waals surface area contributed by atoms with E-state index in [9.17, 15) is 8.78 Å². The number of aryl methyl sites for hydroxylation is 3. The van der Waals surface area contributed by atoms with Crippen LogP contribution in [0.2, 0.25) is 0 Å². The molecule has 0 bridgehead atoms. The molecule has 0 saturated carbocycles. The number of fused-ring (bicyclic) bond motifs is 1. The summed E-state index contributed by atoms with van der Waals surface area (Å²) in [6.07, 6.45) is 0. The van der Waals surface area contributed by atoms with Crippen LogP contribution in [0.25, 0.3) is 11.0 Å². The maximum Gasteiger partial charge on any atom is 0.266 e. The van der Waals surface area contributed by atoms with E-state index in [0.29, 0.717) is 24.6 Å². The lowest BCUT2D eigenvalue weighted by molar-refractivity contribution is 0.578. The van der Waals surface area contributed by atoms with Gasteiger partial charge in [0.25, 0.3) is 5.95 Å². The fourth-order valence-corrected chi connectivity index (χ4v) is 3.82. The number of aromatic nitrogens is 7. The number of hydrogen-bond donors (Lipinski definition) is 0. The normalized spacial score (nSPS) is 11.4. The molecule has 0 radical (unpaired) electrons. The number of nitrogens with zero attached hydrogens (tertiary/aromatic N) is 9. The fourth-order valence-electron chi connectivity index (χ4n) is 3.82. The molecule has 9 nitrogen and oxygen atoms in total. The Kier molecular flexibility index (Phi) is 6.21. The lowest BCUT2D eigenvalue weighted by atomic mass is 10.1. The van der Waals surface area contributed by atoms with Gasteiger partial charge >= 0.3 is 0 Å². The molecule has 3 heterocycles. The van der Waals surface area contributed by atoms with Crippen molar-refractivity contribution in [3.63, 3.8) is 0 Å². The summed E-state index contributed by atoms with van der Waals surface area (Å²) in [5, 5.41) is 18.0. The Morgan fingerprint density at radius 3 is 2.33 bits per heavy atom. The van der Waals surface area contributed by atoms with Crippen molar-refractivity contribution in [3.8, 4) is 0 Å². The van der Waals surface area contributed by atoms with Gasteiger partial charge in [0, 0.05) is 50.2 Å². The van der Waals surface area contributed by atoms with Crippen LogP contribution < -0.4 is 9.80 Å². The summed E-state index contributed by atoms with van der Waals surface area (Å²) in [4.78, 5) is 10.2. The van der Waals surface area contributed by atoms with Crippen molar-refractivity contribution in [2.75, 3.05) is 23.4 Å². The third kappa shape index (κ3) is 4.62. The van der Waals surface area contributed by atoms with Gasteiger partial charge < -0.3 is 9.80 Å². The predicted octanol–water partition coefficient (Wildman–Crippen LogP) is 3.22. The van der Waals surface area contributed by atoms with Crippen LogP contribution in [0.5, 0.6) is 0 Å². The second-order valence-corrected chi connectivity index (χ2v) is 7.97. The van der Waals surface area contributed by atoms with Crippen LogP contribution >= 0.6 is 0 Å². The monoisotopic (exact) mass is 455 g/mol. The number of anilines is 2. The summed E-state index contributed by atoms with van der Waals surface area (Å²) in [5.41, 5.74) is 3.11. The first-order valence-corrected chi connectivity index (χ1v) is 10.8. The Bertz CT molecular complexity index is 1260. The van der Waals surface area contributed by atoms with Crippen LogP contribution in [0.15, 0.2) is 24.3 Å². The Hall–Kier alpha value is -3.63. The minimum atomic E-state index is -0.630. The number of rotatable bonds is 8. The standard InChI is InChI=1S/C22H27F2N9/c1-6-30(4)20-16(10-19-14(3)27-33(7-2)21(19)25-20)13-32(22-26-29-31(5)28-22)12-15-8-17(23)11-18(24)9-15/h8-11H,6-7,12-13H2,1-5H3. The van der Waals surface area contributed by atoms with E-state index >= 15 is 0 Å². The highest BCUT2D eigenvalue weighted by molar-refractivity contribution is 5.81. The molecule has 0 aliphatic carbocycles. The highest BCUT2D eigenvalue weighted by Crippen LogP contribution is 2.28. The van der Waals surface area contributed by atoms with E-state index in [1.807, 2.05) is 30.5 Å². The van der Waals surface area contributed by atoms with E-state index < -0.39 is 11.6 Å². The summed E-state index contributed by atoms with van der Waals surface area (Å²) >= 11 is 0. The van der Waals surface area contributed by atoms with Gasteiger partial charge in [-0.05, 0) is 49.7 Å². The third-order valence-corrected chi connectivity index (χ3v) is 5.54. The molecule has 1 aromatic carbocycles. The van der Waals surface area contributed by atoms with E-state index in [1.54, 1.807) is 7.05 Å². The maximum atomic E-state index is 13.9. The first-order chi connectivity index (χ1) is 15.8. The lowest BCUT2D eigenvalue weighted by Gasteiger charge is -2.25. The third-order valence-electron chi connectivity index (χ3n) is 5.54. The van der Waals surface area contributed by atoms with Crippen molar-refractivity contribution in [1.82, 2.24) is 35.0 Å². The molecule has 174 valence electrons. The van der Waals surface area contributed by atoms with Crippen LogP contribution in [-0.2, 0) is 26.7 Å². The number of benzene rings is 1. The fraction of sp³-hybridized carbons (Fsp3) is 0.409. The molecule has 3 aromatic heterocycles. The zero-order valence-corrected chi connectivity index (χ0v) is 19.4. The molecule has 0 amide bonds. The summed E-state index contributed by atoms with van der Waals surface area (Å²) in [6, 6.07) is 5.55. The number of hydrogen-bond acceptors (Lipinski definition) is 7. The quantitative estimate of drug-likeness (QED) is 0.404. The Balaban J connectivity index is 1.80. The Labute approximate surface area is 190 Å². The van der Waals surface area contributed by atoms with Gasteiger partial charge in [0.1, 0.15) is 17.5 Å². The molecule has 0 atom stereocenters. The Morgan fingerprint density at radius 1 is 1.00 bits per heavy atom. The van der Waals surface area contributed by atoms with Crippen LogP contribution in [0.3, 0.4) is 0 Å². The van der Waals surface area contributed by atoms with Gasteiger partial charge in [0.05, 0.1) is 12.7 Å². The Morgan fingerprint density at radius 2 is 1.73 bits per heavy atom. The smallest absolute Gasteiger partial charge is 0.266 e. The number of tetrazole rings is 1. The topological polar surface area (TPSA) is 80.8 Å². The molecule has 0 aliphatic rings. The van der Waals surface area contributed by atoms with E-state index in [2.05, 4.69) is 38.4 Å². The van der Waals surface area contributed by atoms with Gasteiger partial charge in [-0.1, -0.05) is 5.10 Å². The van der Waals surface area contributed by atoms with Crippen LogP contribution in [0.1, 0.15) is 30.7 Å². The average Bonchev–Trinajstić information content (AvgIpc) is 3.34. The van der Waals surface area contributed by atoms with Crippen molar-refractivity contribution in [1.29, 1.82) is 0 Å². The van der Waals surface area contributed by atoms with E-state index in [1.165, 1.54) is 16.9 Å². The minimum absolute atomic E-state index is 0.195. The second kappa shape index (κ2) is 9.08. The first kappa shape index (κ1) is 22.6. The molecule has 0 unspecified atom stereocenters. The molecule has 0 aliphatic heterocycles. The molecule has 11 heteroatoms. The second-order valence-electron chi connectivity index (χ2n) is 7.97. The van der Waals surface area contributed by atoms with E-state index in [4.69, 9.17) is 4.98 Å². The molecule has 0 N–H and O–H groups in total. The summed E-state index contributed by atoms with van der Waals surface area (Å²) in [5.74, 6) is -0.101. The molecule has 0 fully saturated rings. The lowest BCUT2D eigenvalue weighted by Crippen LogP contribution is -2.27. The van der Waals surface area contributed by atoms with Crippen molar-refractivity contribution < 1.29 is 8.78 Å². The molecule has 4 aromatic rings. The van der Waals surface area contributed by atoms with Gasteiger partial charge in [-0.15, -0.1) is 5.10 Å². The van der Waals surface area contributed by atoms with Crippen molar-refractivity contribution in [3.05, 3.63) is 52.7 Å². The molecule has 33 heavy (non-hydrogen) atoms.